The third-order valence-corrected chi connectivity index (χ3v) is 2.33. The maximum absolute atomic E-state index is 8.31. The number of hydrogen-bond acceptors (Lipinski definition) is 2. The van der Waals surface area contributed by atoms with Gasteiger partial charge < -0.3 is 5.21 Å². The van der Waals surface area contributed by atoms with Crippen LogP contribution in [0.4, 0.5) is 0 Å². The smallest absolute Gasteiger partial charge is 0.0473 e. The van der Waals surface area contributed by atoms with Gasteiger partial charge in [-0.3, -0.25) is 0 Å². The van der Waals surface area contributed by atoms with E-state index in [-0.39, 0.29) is 0 Å². The normalized spacial score (nSPS) is 27.7. The molecule has 12 heavy (non-hydrogen) atoms. The topological polar surface area (TPSA) is 32.6 Å². The molecular weight excluding hydrogens is 150 g/mol. The van der Waals surface area contributed by atoms with Crippen molar-refractivity contribution in [2.24, 2.45) is 11.1 Å². The van der Waals surface area contributed by atoms with E-state index in [9.17, 15) is 0 Å². The van der Waals surface area contributed by atoms with Crippen molar-refractivity contribution in [3.63, 3.8) is 0 Å². The van der Waals surface area contributed by atoms with Gasteiger partial charge in [0.25, 0.3) is 0 Å². The predicted molar refractivity (Wildman–Crippen MR) is 47.6 cm³/mol. The highest BCUT2D eigenvalue weighted by atomic mass is 16.4. The van der Waals surface area contributed by atoms with Crippen LogP contribution in [0.2, 0.25) is 0 Å². The molecule has 0 spiro atoms. The van der Waals surface area contributed by atoms with Crippen molar-refractivity contribution in [3.05, 3.63) is 35.9 Å². The molecule has 2 nitrogen and oxygen atoms in total. The molecule has 1 aromatic rings. The van der Waals surface area contributed by atoms with E-state index in [1.165, 1.54) is 5.56 Å². The molecule has 1 aromatic carbocycles. The third kappa shape index (κ3) is 1.33. The van der Waals surface area contributed by atoms with Crippen molar-refractivity contribution < 1.29 is 5.21 Å². The molecule has 0 unspecified atom stereocenters. The molecule has 0 radical (unpaired) electrons. The van der Waals surface area contributed by atoms with Crippen LogP contribution in [0.5, 0.6) is 0 Å². The van der Waals surface area contributed by atoms with E-state index < -0.39 is 0 Å². The van der Waals surface area contributed by atoms with Gasteiger partial charge in [0, 0.05) is 12.1 Å². The molecule has 1 fully saturated rings. The summed E-state index contributed by atoms with van der Waals surface area (Å²) in [6.45, 7) is 0. The molecule has 1 aliphatic carbocycles. The molecule has 1 aliphatic rings. The van der Waals surface area contributed by atoms with E-state index in [1.54, 1.807) is 6.21 Å². The van der Waals surface area contributed by atoms with Gasteiger partial charge in [0.1, 0.15) is 0 Å². The first-order valence-electron chi connectivity index (χ1n) is 4.14. The van der Waals surface area contributed by atoms with Gasteiger partial charge in [0.05, 0.1) is 0 Å². The van der Waals surface area contributed by atoms with Crippen LogP contribution in [0.1, 0.15) is 17.9 Å². The van der Waals surface area contributed by atoms with Gasteiger partial charge in [-0.15, -0.1) is 5.16 Å². The lowest BCUT2D eigenvalue weighted by molar-refractivity contribution is 0.320. The summed E-state index contributed by atoms with van der Waals surface area (Å²) in [5.74, 6) is 1.04. The van der Waals surface area contributed by atoms with Gasteiger partial charge in [-0.1, -0.05) is 30.3 Å². The Morgan fingerprint density at radius 1 is 1.33 bits per heavy atom. The van der Waals surface area contributed by atoms with E-state index in [1.807, 2.05) is 18.2 Å². The molecule has 0 aliphatic heterocycles. The second-order valence-corrected chi connectivity index (χ2v) is 3.18. The predicted octanol–water partition coefficient (Wildman–Crippen LogP) is 2.25. The number of hydrogen-bond donors (Lipinski definition) is 1. The summed E-state index contributed by atoms with van der Waals surface area (Å²) in [5, 5.41) is 11.4. The van der Waals surface area contributed by atoms with Crippen LogP contribution in [0, 0.1) is 5.92 Å². The van der Waals surface area contributed by atoms with E-state index in [0.29, 0.717) is 11.8 Å². The zero-order valence-corrected chi connectivity index (χ0v) is 6.72. The first-order valence-corrected chi connectivity index (χ1v) is 4.14. The molecule has 0 heterocycles. The van der Waals surface area contributed by atoms with Crippen LogP contribution in [-0.2, 0) is 0 Å². The lowest BCUT2D eigenvalue weighted by Crippen LogP contribution is -1.83. The highest BCUT2D eigenvalue weighted by Gasteiger charge is 2.36. The van der Waals surface area contributed by atoms with Crippen molar-refractivity contribution in [1.82, 2.24) is 0 Å². The van der Waals surface area contributed by atoms with Crippen molar-refractivity contribution in [2.45, 2.75) is 12.3 Å². The fraction of sp³-hybridized carbons (Fsp3) is 0.300. The fourth-order valence-corrected chi connectivity index (χ4v) is 1.55. The van der Waals surface area contributed by atoms with E-state index >= 15 is 0 Å². The molecular formula is C10H11NO. The molecule has 1 saturated carbocycles. The molecule has 2 rings (SSSR count). The van der Waals surface area contributed by atoms with Crippen LogP contribution >= 0.6 is 0 Å². The Kier molecular flexibility index (Phi) is 1.82. The number of benzene rings is 1. The Hall–Kier alpha value is -1.31. The average molecular weight is 161 g/mol. The number of rotatable bonds is 2. The van der Waals surface area contributed by atoms with Gasteiger partial charge in [-0.25, -0.2) is 0 Å². The zero-order valence-electron chi connectivity index (χ0n) is 6.72. The fourth-order valence-electron chi connectivity index (χ4n) is 1.55. The molecule has 62 valence electrons. The number of oxime groups is 1. The molecule has 0 saturated heterocycles. The highest BCUT2D eigenvalue weighted by molar-refractivity contribution is 5.66. The zero-order chi connectivity index (χ0) is 8.39. The van der Waals surface area contributed by atoms with Gasteiger partial charge in [0.2, 0.25) is 0 Å². The van der Waals surface area contributed by atoms with Gasteiger partial charge in [-0.05, 0) is 17.9 Å². The van der Waals surface area contributed by atoms with Crippen molar-refractivity contribution in [3.8, 4) is 0 Å². The lowest BCUT2D eigenvalue weighted by atomic mass is 10.1. The first-order chi connectivity index (χ1) is 5.92. The molecule has 0 aromatic heterocycles. The quantitative estimate of drug-likeness (QED) is 0.402. The SMILES string of the molecule is O/N=C/[C@H]1C[C@@H]1c1ccccc1. The Balaban J connectivity index is 2.06. The van der Waals surface area contributed by atoms with Crippen LogP contribution in [0.25, 0.3) is 0 Å². The molecule has 2 heteroatoms. The number of nitrogens with zero attached hydrogens (tertiary/aromatic N) is 1. The Bertz CT molecular complexity index is 281. The summed E-state index contributed by atoms with van der Waals surface area (Å²) < 4.78 is 0. The van der Waals surface area contributed by atoms with E-state index in [4.69, 9.17) is 5.21 Å². The van der Waals surface area contributed by atoms with Crippen LogP contribution in [-0.4, -0.2) is 11.4 Å². The first kappa shape index (κ1) is 7.35. The van der Waals surface area contributed by atoms with Crippen LogP contribution in [0.15, 0.2) is 35.5 Å². The Labute approximate surface area is 71.5 Å². The summed E-state index contributed by atoms with van der Waals surface area (Å²) >= 11 is 0. The maximum Gasteiger partial charge on any atom is 0.0473 e. The van der Waals surface area contributed by atoms with Crippen molar-refractivity contribution in [1.29, 1.82) is 0 Å². The minimum absolute atomic E-state index is 0.456. The van der Waals surface area contributed by atoms with Crippen LogP contribution in [0.3, 0.4) is 0 Å². The Morgan fingerprint density at radius 3 is 2.75 bits per heavy atom. The standard InChI is InChI=1S/C10H11NO/c12-11-7-9-6-10(9)8-4-2-1-3-5-8/h1-5,7,9-10,12H,6H2/b11-7+/t9-,10-/m1/s1. The van der Waals surface area contributed by atoms with Crippen molar-refractivity contribution in [2.75, 3.05) is 0 Å². The second-order valence-electron chi connectivity index (χ2n) is 3.18. The second kappa shape index (κ2) is 2.97. The van der Waals surface area contributed by atoms with Crippen molar-refractivity contribution >= 4 is 6.21 Å². The summed E-state index contributed by atoms with van der Waals surface area (Å²) in [6.07, 6.45) is 2.74. The lowest BCUT2D eigenvalue weighted by Gasteiger charge is -1.94. The van der Waals surface area contributed by atoms with E-state index in [2.05, 4.69) is 17.3 Å². The van der Waals surface area contributed by atoms with Crippen LogP contribution < -0.4 is 0 Å². The summed E-state index contributed by atoms with van der Waals surface area (Å²) in [7, 11) is 0. The Morgan fingerprint density at radius 2 is 2.08 bits per heavy atom. The highest BCUT2D eigenvalue weighted by Crippen LogP contribution is 2.45. The van der Waals surface area contributed by atoms with E-state index in [0.717, 1.165) is 6.42 Å². The minimum atomic E-state index is 0.456. The molecule has 0 bridgehead atoms. The molecule has 2 atom stereocenters. The molecule has 0 amide bonds. The monoisotopic (exact) mass is 161 g/mol. The maximum atomic E-state index is 8.31. The summed E-state index contributed by atoms with van der Waals surface area (Å²) in [4.78, 5) is 0. The van der Waals surface area contributed by atoms with Gasteiger partial charge in [-0.2, -0.15) is 0 Å². The summed E-state index contributed by atoms with van der Waals surface area (Å²) in [6, 6.07) is 10.3. The largest absolute Gasteiger partial charge is 0.411 e. The minimum Gasteiger partial charge on any atom is -0.411 e. The summed E-state index contributed by atoms with van der Waals surface area (Å²) in [5.41, 5.74) is 1.35. The third-order valence-electron chi connectivity index (χ3n) is 2.33. The average Bonchev–Trinajstić information content (AvgIpc) is 2.87. The van der Waals surface area contributed by atoms with Gasteiger partial charge in [0.15, 0.2) is 0 Å². The van der Waals surface area contributed by atoms with Gasteiger partial charge >= 0.3 is 0 Å². The molecule has 1 N–H and O–H groups in total.